The number of rotatable bonds is 10. The fourth-order valence-corrected chi connectivity index (χ4v) is 5.49. The Morgan fingerprint density at radius 2 is 1.82 bits per heavy atom. The lowest BCUT2D eigenvalue weighted by Crippen LogP contribution is -2.38. The molecular weight excluding hydrogens is 522 g/mol. The Labute approximate surface area is 229 Å². The molecular formula is C27H29N5O4S2. The van der Waals surface area contributed by atoms with E-state index in [1.54, 1.807) is 34.2 Å². The van der Waals surface area contributed by atoms with Crippen LogP contribution in [0, 0.1) is 0 Å². The van der Waals surface area contributed by atoms with Gasteiger partial charge in [0.2, 0.25) is 0 Å². The quantitative estimate of drug-likeness (QED) is 0.157. The van der Waals surface area contributed by atoms with Gasteiger partial charge in [-0.3, -0.25) is 4.79 Å². The normalized spacial score (nSPS) is 13.5. The second-order valence-corrected chi connectivity index (χ2v) is 11.0. The van der Waals surface area contributed by atoms with Crippen molar-refractivity contribution < 1.29 is 18.8 Å². The fourth-order valence-electron chi connectivity index (χ4n) is 4.42. The summed E-state index contributed by atoms with van der Waals surface area (Å²) in [7, 11) is 3.06. The molecule has 198 valence electrons. The number of anilines is 2. The zero-order valence-corrected chi connectivity index (χ0v) is 23.3. The van der Waals surface area contributed by atoms with Crippen LogP contribution in [-0.4, -0.2) is 48.0 Å². The minimum absolute atomic E-state index is 0.115. The fraction of sp³-hybridized carbons (Fsp3) is 0.296. The van der Waals surface area contributed by atoms with Gasteiger partial charge >= 0.3 is 0 Å². The first-order valence-corrected chi connectivity index (χ1v) is 13.7. The summed E-state index contributed by atoms with van der Waals surface area (Å²) < 4.78 is 12.1. The van der Waals surface area contributed by atoms with Crippen LogP contribution < -0.4 is 15.0 Å². The Hall–Kier alpha value is -3.38. The number of carbonyl (C=O) groups excluding carboxylic acids is 1. The van der Waals surface area contributed by atoms with Crippen LogP contribution in [0.4, 0.5) is 10.8 Å². The Balaban J connectivity index is 1.41. The van der Waals surface area contributed by atoms with Gasteiger partial charge in [-0.2, -0.15) is 9.43 Å². The number of carbonyl (C=O) groups is 1. The summed E-state index contributed by atoms with van der Waals surface area (Å²) in [6.07, 6.45) is 2.43. The summed E-state index contributed by atoms with van der Waals surface area (Å²) in [6.45, 7) is 5.66. The third-order valence-electron chi connectivity index (χ3n) is 6.55. The number of aromatic nitrogens is 3. The third-order valence-corrected chi connectivity index (χ3v) is 7.97. The predicted octanol–water partition coefficient (Wildman–Crippen LogP) is 5.52. The summed E-state index contributed by atoms with van der Waals surface area (Å²) in [6, 6.07) is 15.7. The lowest BCUT2D eigenvalue weighted by atomic mass is 9.84. The van der Waals surface area contributed by atoms with Crippen LogP contribution in [0.15, 0.2) is 65.1 Å². The van der Waals surface area contributed by atoms with Crippen molar-refractivity contribution in [3.8, 4) is 11.4 Å². The summed E-state index contributed by atoms with van der Waals surface area (Å²) in [5, 5.41) is 11.6. The molecule has 4 aromatic rings. The summed E-state index contributed by atoms with van der Waals surface area (Å²) in [4.78, 5) is 24.8. The van der Waals surface area contributed by atoms with Crippen LogP contribution in [0.2, 0.25) is 0 Å². The minimum atomic E-state index is -0.121. The number of hydrogen-bond donors (Lipinski definition) is 1. The van der Waals surface area contributed by atoms with Gasteiger partial charge < -0.3 is 15.0 Å². The highest BCUT2D eigenvalue weighted by Crippen LogP contribution is 2.34. The predicted molar refractivity (Wildman–Crippen MR) is 150 cm³/mol. The van der Waals surface area contributed by atoms with Gasteiger partial charge in [0.05, 0.1) is 31.9 Å². The van der Waals surface area contributed by atoms with E-state index in [4.69, 9.17) is 19.1 Å². The van der Waals surface area contributed by atoms with Crippen LogP contribution in [0.25, 0.3) is 5.69 Å². The van der Waals surface area contributed by atoms with E-state index in [2.05, 4.69) is 36.3 Å². The molecule has 1 amide bonds. The summed E-state index contributed by atoms with van der Waals surface area (Å²) in [5.41, 5.74) is 4.01. The molecule has 2 aromatic carbocycles. The average Bonchev–Trinajstić information content (AvgIpc) is 3.60. The largest absolute Gasteiger partial charge is 0.497 e. The molecule has 1 aliphatic rings. The van der Waals surface area contributed by atoms with Gasteiger partial charge in [0, 0.05) is 41.3 Å². The number of nitrogens with zero attached hydrogens (tertiary/aromatic N) is 4. The van der Waals surface area contributed by atoms with E-state index >= 15 is 0 Å². The first kappa shape index (κ1) is 26.2. The highest BCUT2D eigenvalue weighted by atomic mass is 32.2. The Morgan fingerprint density at radius 3 is 2.47 bits per heavy atom. The minimum Gasteiger partial charge on any atom is -0.497 e. The van der Waals surface area contributed by atoms with E-state index in [9.17, 15) is 4.79 Å². The van der Waals surface area contributed by atoms with Gasteiger partial charge in [-0.05, 0) is 48.4 Å². The zero-order valence-electron chi connectivity index (χ0n) is 21.6. The first-order chi connectivity index (χ1) is 18.4. The number of hydrogen-bond acceptors (Lipinski definition) is 9. The number of amides is 1. The molecule has 11 heteroatoms. The molecule has 0 radical (unpaired) electrons. The molecule has 0 fully saturated rings. The van der Waals surface area contributed by atoms with Crippen molar-refractivity contribution in [2.24, 2.45) is 0 Å². The maximum Gasteiger partial charge on any atom is 0.277 e. The van der Waals surface area contributed by atoms with Gasteiger partial charge in [-0.15, -0.1) is 11.3 Å². The smallest absolute Gasteiger partial charge is 0.277 e. The van der Waals surface area contributed by atoms with Crippen LogP contribution in [0.5, 0.6) is 5.75 Å². The van der Waals surface area contributed by atoms with Gasteiger partial charge in [0.25, 0.3) is 5.91 Å². The topological polar surface area (TPSA) is 90.7 Å². The molecule has 0 spiro atoms. The van der Waals surface area contributed by atoms with Crippen molar-refractivity contribution in [1.29, 1.82) is 0 Å². The number of fused-ring (bicyclic) bond motifs is 1. The molecule has 0 saturated carbocycles. The van der Waals surface area contributed by atoms with E-state index in [0.29, 0.717) is 23.7 Å². The number of benzene rings is 2. The van der Waals surface area contributed by atoms with Gasteiger partial charge in [-0.1, -0.05) is 26.0 Å². The summed E-state index contributed by atoms with van der Waals surface area (Å²) >= 11 is 2.59. The number of methoxy groups -OCH3 is 1. The molecule has 0 bridgehead atoms. The standard InChI is InChI=1S/C27H29N5O4S2/c1-27(2,17-29-26-28-14-16-37-26)18-5-7-19(8-6-18)31-15-13-22-23(25(31)33)32(30-24(22)38-36-35-4)20-9-11-21(34-3)12-10-20/h5-12,14,16H,13,15,17H2,1-4H3,(H,28,29). The van der Waals surface area contributed by atoms with E-state index in [-0.39, 0.29) is 11.3 Å². The molecule has 0 saturated heterocycles. The molecule has 1 aliphatic heterocycles. The number of ether oxygens (including phenoxy) is 1. The van der Waals surface area contributed by atoms with Crippen molar-refractivity contribution >= 4 is 40.1 Å². The molecule has 1 N–H and O–H groups in total. The van der Waals surface area contributed by atoms with Crippen molar-refractivity contribution in [2.45, 2.75) is 30.7 Å². The summed E-state index contributed by atoms with van der Waals surface area (Å²) in [5.74, 6) is 0.612. The maximum absolute atomic E-state index is 13.9. The van der Waals surface area contributed by atoms with Crippen molar-refractivity contribution in [3.63, 3.8) is 0 Å². The molecule has 2 aromatic heterocycles. The molecule has 0 unspecified atom stereocenters. The van der Waals surface area contributed by atoms with Crippen LogP contribution in [-0.2, 0) is 21.1 Å². The molecule has 5 rings (SSSR count). The Kier molecular flexibility index (Phi) is 7.70. The maximum atomic E-state index is 13.9. The van der Waals surface area contributed by atoms with Crippen molar-refractivity contribution in [3.05, 3.63) is 76.9 Å². The van der Waals surface area contributed by atoms with E-state index in [1.807, 2.05) is 41.8 Å². The highest BCUT2D eigenvalue weighted by Gasteiger charge is 2.34. The molecule has 0 aliphatic carbocycles. The lowest BCUT2D eigenvalue weighted by molar-refractivity contribution is -0.160. The molecule has 38 heavy (non-hydrogen) atoms. The second-order valence-electron chi connectivity index (χ2n) is 9.39. The Morgan fingerprint density at radius 1 is 1.08 bits per heavy atom. The average molecular weight is 552 g/mol. The lowest BCUT2D eigenvalue weighted by Gasteiger charge is -2.29. The van der Waals surface area contributed by atoms with Crippen LogP contribution in [0.1, 0.15) is 35.5 Å². The highest BCUT2D eigenvalue weighted by molar-refractivity contribution is 7.94. The number of thiazole rings is 1. The zero-order chi connectivity index (χ0) is 26.7. The molecule has 3 heterocycles. The molecule has 9 nitrogen and oxygen atoms in total. The number of nitrogens with one attached hydrogen (secondary N) is 1. The van der Waals surface area contributed by atoms with E-state index in [0.717, 1.165) is 46.4 Å². The van der Waals surface area contributed by atoms with E-state index < -0.39 is 0 Å². The third kappa shape index (κ3) is 5.28. The van der Waals surface area contributed by atoms with E-state index in [1.165, 1.54) is 12.7 Å². The Bertz CT molecular complexity index is 1390. The van der Waals surface area contributed by atoms with Crippen LogP contribution >= 0.6 is 23.4 Å². The first-order valence-electron chi connectivity index (χ1n) is 12.1. The van der Waals surface area contributed by atoms with Gasteiger partial charge in [-0.25, -0.2) is 14.6 Å². The van der Waals surface area contributed by atoms with Gasteiger partial charge in [0.1, 0.15) is 11.4 Å². The second kappa shape index (κ2) is 11.2. The SMILES string of the molecule is COOSc1nn(-c2ccc(OC)cc2)c2c1CCN(c1ccc(C(C)(C)CNc3nccs3)cc1)C2=O. The monoisotopic (exact) mass is 551 g/mol. The van der Waals surface area contributed by atoms with Crippen molar-refractivity contribution in [1.82, 2.24) is 14.8 Å². The van der Waals surface area contributed by atoms with Crippen LogP contribution in [0.3, 0.4) is 0 Å². The van der Waals surface area contributed by atoms with Crippen molar-refractivity contribution in [2.75, 3.05) is 37.5 Å². The molecule has 0 atom stereocenters. The van der Waals surface area contributed by atoms with Gasteiger partial charge in [0.15, 0.2) is 10.2 Å².